The van der Waals surface area contributed by atoms with Crippen molar-refractivity contribution in [3.05, 3.63) is 0 Å². The first-order valence-electron chi connectivity index (χ1n) is 4.60. The maximum absolute atomic E-state index is 11.1. The fraction of sp³-hybridized carbons (Fsp3) is 0.625. The van der Waals surface area contributed by atoms with Crippen LogP contribution in [-0.2, 0) is 24.2 Å². The molecule has 0 saturated carbocycles. The van der Waals surface area contributed by atoms with E-state index in [4.69, 9.17) is 10.8 Å². The maximum atomic E-state index is 11.1. The second-order valence-corrected chi connectivity index (χ2v) is 5.67. The van der Waals surface area contributed by atoms with Crippen molar-refractivity contribution in [3.63, 3.8) is 0 Å². The lowest BCUT2D eigenvalue weighted by Crippen LogP contribution is -2.43. The Hall–Kier alpha value is -1.64. The van der Waals surface area contributed by atoms with Gasteiger partial charge in [-0.05, 0) is 6.42 Å². The molecule has 0 bridgehead atoms. The van der Waals surface area contributed by atoms with Crippen molar-refractivity contribution in [3.8, 4) is 0 Å². The molecule has 98 valence electrons. The van der Waals surface area contributed by atoms with Crippen LogP contribution in [0.1, 0.15) is 12.8 Å². The Bertz CT molecular complexity index is 416. The van der Waals surface area contributed by atoms with Gasteiger partial charge in [0.15, 0.2) is 9.84 Å². The molecule has 1 atom stereocenters. The first kappa shape index (κ1) is 15.4. The summed E-state index contributed by atoms with van der Waals surface area (Å²) in [5, 5.41) is 10.7. The van der Waals surface area contributed by atoms with Crippen LogP contribution >= 0.6 is 0 Å². The number of aliphatic carboxylic acids is 1. The summed E-state index contributed by atoms with van der Waals surface area (Å²) in [7, 11) is -3.52. The van der Waals surface area contributed by atoms with Gasteiger partial charge in [-0.3, -0.25) is 9.59 Å². The average molecular weight is 266 g/mol. The molecule has 0 aromatic carbocycles. The van der Waals surface area contributed by atoms with Crippen molar-refractivity contribution in [1.82, 2.24) is 5.32 Å². The van der Waals surface area contributed by atoms with Gasteiger partial charge in [-0.25, -0.2) is 13.2 Å². The van der Waals surface area contributed by atoms with Crippen molar-refractivity contribution in [1.29, 1.82) is 0 Å². The van der Waals surface area contributed by atoms with Crippen LogP contribution < -0.4 is 11.1 Å². The molecule has 17 heavy (non-hydrogen) atoms. The molecule has 0 fully saturated rings. The van der Waals surface area contributed by atoms with Crippen molar-refractivity contribution in [2.45, 2.75) is 18.9 Å². The summed E-state index contributed by atoms with van der Waals surface area (Å²) in [6.45, 7) is 0. The minimum absolute atomic E-state index is 0.180. The molecule has 0 spiro atoms. The molecule has 0 aliphatic heterocycles. The minimum Gasteiger partial charge on any atom is -0.480 e. The summed E-state index contributed by atoms with van der Waals surface area (Å²) in [4.78, 5) is 32.3. The predicted octanol–water partition coefficient (Wildman–Crippen LogP) is -2.13. The normalized spacial score (nSPS) is 12.8. The fourth-order valence-electron chi connectivity index (χ4n) is 1.02. The average Bonchev–Trinajstić information content (AvgIpc) is 2.08. The third-order valence-corrected chi connectivity index (χ3v) is 2.49. The van der Waals surface area contributed by atoms with Gasteiger partial charge in [-0.2, -0.15) is 0 Å². The van der Waals surface area contributed by atoms with Crippen LogP contribution in [0.15, 0.2) is 0 Å². The molecular weight excluding hydrogens is 252 g/mol. The van der Waals surface area contributed by atoms with E-state index < -0.39 is 39.4 Å². The number of carboxylic acids is 1. The lowest BCUT2D eigenvalue weighted by atomic mass is 10.1. The summed E-state index contributed by atoms with van der Waals surface area (Å²) >= 11 is 0. The summed E-state index contributed by atoms with van der Waals surface area (Å²) in [5.74, 6) is -3.78. The van der Waals surface area contributed by atoms with Crippen LogP contribution in [0.4, 0.5) is 0 Å². The number of carbonyl (C=O) groups excluding carboxylic acids is 2. The van der Waals surface area contributed by atoms with Crippen LogP contribution in [0.2, 0.25) is 0 Å². The number of sulfone groups is 1. The number of nitrogens with two attached hydrogens (primary N) is 1. The van der Waals surface area contributed by atoms with E-state index in [-0.39, 0.29) is 12.8 Å². The molecule has 0 aromatic rings. The fourth-order valence-corrected chi connectivity index (χ4v) is 1.58. The standard InChI is InChI=1S/C8H14N2O6S/c1-17(15,16)4-7(12)10-5(8(13)14)2-3-6(9)11/h5H,2-4H2,1H3,(H2,9,11)(H,10,12)(H,13,14)/t5-/m0/s1. The number of primary amides is 1. The van der Waals surface area contributed by atoms with Crippen molar-refractivity contribution in [2.24, 2.45) is 5.73 Å². The molecule has 0 aromatic heterocycles. The van der Waals surface area contributed by atoms with Crippen LogP contribution in [0.3, 0.4) is 0 Å². The number of rotatable bonds is 7. The number of amides is 2. The molecular formula is C8H14N2O6S. The molecule has 4 N–H and O–H groups in total. The molecule has 0 saturated heterocycles. The van der Waals surface area contributed by atoms with Crippen molar-refractivity contribution < 1.29 is 27.9 Å². The Morgan fingerprint density at radius 3 is 2.24 bits per heavy atom. The van der Waals surface area contributed by atoms with Crippen LogP contribution in [0.5, 0.6) is 0 Å². The largest absolute Gasteiger partial charge is 0.480 e. The summed E-state index contributed by atoms with van der Waals surface area (Å²) < 4.78 is 21.6. The molecule has 0 aliphatic carbocycles. The van der Waals surface area contributed by atoms with Gasteiger partial charge in [0.2, 0.25) is 11.8 Å². The lowest BCUT2D eigenvalue weighted by molar-refractivity contribution is -0.141. The van der Waals surface area contributed by atoms with Crippen molar-refractivity contribution in [2.75, 3.05) is 12.0 Å². The maximum Gasteiger partial charge on any atom is 0.326 e. The quantitative estimate of drug-likeness (QED) is 0.480. The van der Waals surface area contributed by atoms with Gasteiger partial charge < -0.3 is 16.2 Å². The zero-order chi connectivity index (χ0) is 13.6. The molecule has 8 nitrogen and oxygen atoms in total. The van der Waals surface area contributed by atoms with Crippen LogP contribution in [-0.4, -0.2) is 49.4 Å². The second-order valence-electron chi connectivity index (χ2n) is 3.53. The van der Waals surface area contributed by atoms with Crippen LogP contribution in [0.25, 0.3) is 0 Å². The summed E-state index contributed by atoms with van der Waals surface area (Å²) in [5.41, 5.74) is 4.83. The molecule has 0 aliphatic rings. The highest BCUT2D eigenvalue weighted by Crippen LogP contribution is 1.98. The molecule has 0 unspecified atom stereocenters. The molecule has 0 rings (SSSR count). The lowest BCUT2D eigenvalue weighted by Gasteiger charge is -2.13. The Balaban J connectivity index is 4.40. The SMILES string of the molecule is CS(=O)(=O)CC(=O)N[C@@H](CCC(N)=O)C(=O)O. The highest BCUT2D eigenvalue weighted by atomic mass is 32.2. The van der Waals surface area contributed by atoms with Gasteiger partial charge in [0.25, 0.3) is 0 Å². The highest BCUT2D eigenvalue weighted by Gasteiger charge is 2.22. The Labute approximate surface area is 98.1 Å². The topological polar surface area (TPSA) is 144 Å². The van der Waals surface area contributed by atoms with Gasteiger partial charge in [0.1, 0.15) is 11.8 Å². The summed E-state index contributed by atoms with van der Waals surface area (Å²) in [6.07, 6.45) is 0.460. The van der Waals surface area contributed by atoms with E-state index in [1.807, 2.05) is 5.32 Å². The number of carboxylic acid groups (broad SMARTS) is 1. The first-order chi connectivity index (χ1) is 7.61. The first-order valence-corrected chi connectivity index (χ1v) is 6.66. The predicted molar refractivity (Wildman–Crippen MR) is 57.7 cm³/mol. The highest BCUT2D eigenvalue weighted by molar-refractivity contribution is 7.91. The van der Waals surface area contributed by atoms with Gasteiger partial charge >= 0.3 is 5.97 Å². The van der Waals surface area contributed by atoms with E-state index >= 15 is 0 Å². The summed E-state index contributed by atoms with van der Waals surface area (Å²) in [6, 6.07) is -1.32. The molecule has 0 heterocycles. The monoisotopic (exact) mass is 266 g/mol. The van der Waals surface area contributed by atoms with E-state index in [1.54, 1.807) is 0 Å². The number of carbonyl (C=O) groups is 3. The molecule has 9 heteroatoms. The second kappa shape index (κ2) is 6.18. The smallest absolute Gasteiger partial charge is 0.326 e. The Morgan fingerprint density at radius 1 is 1.35 bits per heavy atom. The number of nitrogens with one attached hydrogen (secondary N) is 1. The van der Waals surface area contributed by atoms with Gasteiger partial charge in [0.05, 0.1) is 0 Å². The Morgan fingerprint density at radius 2 is 1.88 bits per heavy atom. The Kier molecular flexibility index (Phi) is 5.59. The number of hydrogen-bond donors (Lipinski definition) is 3. The third-order valence-electron chi connectivity index (χ3n) is 1.71. The molecule has 0 radical (unpaired) electrons. The van der Waals surface area contributed by atoms with E-state index in [0.717, 1.165) is 6.26 Å². The van der Waals surface area contributed by atoms with Crippen LogP contribution in [0, 0.1) is 0 Å². The van der Waals surface area contributed by atoms with E-state index in [0.29, 0.717) is 0 Å². The minimum atomic E-state index is -3.52. The van der Waals surface area contributed by atoms with E-state index in [2.05, 4.69) is 0 Å². The zero-order valence-corrected chi connectivity index (χ0v) is 9.99. The van der Waals surface area contributed by atoms with Gasteiger partial charge in [-0.1, -0.05) is 0 Å². The van der Waals surface area contributed by atoms with E-state index in [9.17, 15) is 22.8 Å². The van der Waals surface area contributed by atoms with Gasteiger partial charge in [-0.15, -0.1) is 0 Å². The van der Waals surface area contributed by atoms with Gasteiger partial charge in [0, 0.05) is 12.7 Å². The third kappa shape index (κ3) is 8.20. The molecule has 2 amide bonds. The number of hydrogen-bond acceptors (Lipinski definition) is 5. The zero-order valence-electron chi connectivity index (χ0n) is 9.17. The van der Waals surface area contributed by atoms with E-state index in [1.165, 1.54) is 0 Å². The van der Waals surface area contributed by atoms with Crippen molar-refractivity contribution >= 4 is 27.6 Å².